The lowest BCUT2D eigenvalue weighted by Gasteiger charge is -1.74. The van der Waals surface area contributed by atoms with E-state index in [0.717, 1.165) is 0 Å². The predicted octanol–water partition coefficient (Wildman–Crippen LogP) is 0.269. The van der Waals surface area contributed by atoms with E-state index < -0.39 is 0 Å². The quantitative estimate of drug-likeness (QED) is 0.487. The molecular weight excluding hydrogens is 114 g/mol. The lowest BCUT2D eigenvalue weighted by molar-refractivity contribution is 0.759. The zero-order valence-corrected chi connectivity index (χ0v) is 4.48. The van der Waals surface area contributed by atoms with Crippen molar-refractivity contribution in [3.63, 3.8) is 0 Å². The van der Waals surface area contributed by atoms with Gasteiger partial charge in [-0.3, -0.25) is 0 Å². The largest absolute Gasteiger partial charge is 0.245 e. The average molecular weight is 117 g/mol. The van der Waals surface area contributed by atoms with Gasteiger partial charge in [0, 0.05) is 7.05 Å². The van der Waals surface area contributed by atoms with Gasteiger partial charge in [0.15, 0.2) is 6.33 Å². The van der Waals surface area contributed by atoms with Crippen LogP contribution in [0.2, 0.25) is 5.28 Å². The van der Waals surface area contributed by atoms with Gasteiger partial charge in [-0.1, -0.05) is 0 Å². The van der Waals surface area contributed by atoms with Gasteiger partial charge in [-0.2, -0.15) is 4.98 Å². The zero-order valence-electron chi connectivity index (χ0n) is 3.72. The number of hydrogen-bond donors (Lipinski definition) is 0. The highest BCUT2D eigenvalue weighted by atomic mass is 35.5. The Kier molecular flexibility index (Phi) is 0.982. The lowest BCUT2D eigenvalue weighted by Crippen LogP contribution is -1.85. The normalized spacial score (nSPS) is 9.43. The number of hydrogen-bond acceptors (Lipinski definition) is 2. The molecule has 0 saturated carbocycles. The van der Waals surface area contributed by atoms with Crippen molar-refractivity contribution in [1.82, 2.24) is 14.8 Å². The first-order chi connectivity index (χ1) is 3.29. The van der Waals surface area contributed by atoms with Crippen LogP contribution in [0, 0.1) is 6.33 Å². The summed E-state index contributed by atoms with van der Waals surface area (Å²) in [6.45, 7) is 0. The first-order valence-electron chi connectivity index (χ1n) is 1.73. The fourth-order valence-electron chi connectivity index (χ4n) is 0.282. The van der Waals surface area contributed by atoms with Crippen LogP contribution in [-0.2, 0) is 7.05 Å². The Morgan fingerprint density at radius 3 is 2.71 bits per heavy atom. The number of rotatable bonds is 0. The van der Waals surface area contributed by atoms with E-state index in [1.54, 1.807) is 7.05 Å². The third kappa shape index (κ3) is 0.899. The maximum Gasteiger partial charge on any atom is 0.242 e. The van der Waals surface area contributed by atoms with Crippen molar-refractivity contribution in [2.75, 3.05) is 0 Å². The monoisotopic (exact) mass is 116 g/mol. The van der Waals surface area contributed by atoms with Gasteiger partial charge in [-0.05, 0) is 11.6 Å². The second-order valence-electron chi connectivity index (χ2n) is 1.10. The van der Waals surface area contributed by atoms with Crippen molar-refractivity contribution >= 4 is 11.6 Å². The highest BCUT2D eigenvalue weighted by Crippen LogP contribution is 1.92. The van der Waals surface area contributed by atoms with Crippen molar-refractivity contribution < 1.29 is 0 Å². The van der Waals surface area contributed by atoms with Gasteiger partial charge in [-0.25, -0.2) is 4.68 Å². The SMILES string of the molecule is Cn1[c]nc(Cl)n1. The van der Waals surface area contributed by atoms with E-state index in [1.807, 2.05) is 0 Å². The standard InChI is InChI=1S/C3H3ClN3/c1-7-2-5-3(4)6-7/h1H3. The molecule has 0 spiro atoms. The van der Waals surface area contributed by atoms with Crippen LogP contribution in [0.5, 0.6) is 0 Å². The first-order valence-corrected chi connectivity index (χ1v) is 2.11. The van der Waals surface area contributed by atoms with Gasteiger partial charge >= 0.3 is 0 Å². The molecule has 0 N–H and O–H groups in total. The second-order valence-corrected chi connectivity index (χ2v) is 1.44. The maximum absolute atomic E-state index is 5.29. The lowest BCUT2D eigenvalue weighted by atomic mass is 11.2. The van der Waals surface area contributed by atoms with Crippen LogP contribution in [0.15, 0.2) is 0 Å². The minimum absolute atomic E-state index is 0.238. The summed E-state index contributed by atoms with van der Waals surface area (Å²) in [6.07, 6.45) is 2.49. The Labute approximate surface area is 45.9 Å². The molecule has 0 saturated heterocycles. The van der Waals surface area contributed by atoms with E-state index in [1.165, 1.54) is 4.68 Å². The van der Waals surface area contributed by atoms with E-state index in [0.29, 0.717) is 0 Å². The Morgan fingerprint density at radius 1 is 1.86 bits per heavy atom. The maximum atomic E-state index is 5.29. The Morgan fingerprint density at radius 2 is 2.57 bits per heavy atom. The molecule has 0 atom stereocenters. The Hall–Kier alpha value is -0.570. The van der Waals surface area contributed by atoms with Crippen molar-refractivity contribution in [2.24, 2.45) is 7.05 Å². The Balaban J connectivity index is 3.04. The molecule has 37 valence electrons. The molecule has 0 amide bonds. The zero-order chi connectivity index (χ0) is 5.28. The summed E-state index contributed by atoms with van der Waals surface area (Å²) in [6, 6.07) is 0. The topological polar surface area (TPSA) is 30.7 Å². The molecule has 1 radical (unpaired) electrons. The number of aromatic nitrogens is 3. The van der Waals surface area contributed by atoms with E-state index >= 15 is 0 Å². The average Bonchev–Trinajstić information content (AvgIpc) is 1.87. The number of nitrogens with zero attached hydrogens (tertiary/aromatic N) is 3. The van der Waals surface area contributed by atoms with Crippen LogP contribution in [0.4, 0.5) is 0 Å². The summed E-state index contributed by atoms with van der Waals surface area (Å²) in [5.74, 6) is 0. The molecule has 0 aliphatic carbocycles. The molecule has 1 aromatic rings. The third-order valence-electron chi connectivity index (χ3n) is 0.519. The fourth-order valence-corrected chi connectivity index (χ4v) is 0.433. The van der Waals surface area contributed by atoms with Crippen molar-refractivity contribution in [3.8, 4) is 0 Å². The van der Waals surface area contributed by atoms with Crippen LogP contribution >= 0.6 is 11.6 Å². The van der Waals surface area contributed by atoms with Gasteiger partial charge in [0.2, 0.25) is 5.28 Å². The summed E-state index contributed by atoms with van der Waals surface area (Å²) in [5, 5.41) is 3.86. The molecule has 1 heterocycles. The van der Waals surface area contributed by atoms with E-state index in [2.05, 4.69) is 16.4 Å². The molecule has 0 aromatic carbocycles. The van der Waals surface area contributed by atoms with Crippen LogP contribution in [0.3, 0.4) is 0 Å². The molecule has 0 unspecified atom stereocenters. The smallest absolute Gasteiger partial charge is 0.242 e. The third-order valence-corrected chi connectivity index (χ3v) is 0.680. The van der Waals surface area contributed by atoms with Gasteiger partial charge < -0.3 is 0 Å². The molecule has 0 fully saturated rings. The van der Waals surface area contributed by atoms with Gasteiger partial charge in [0.25, 0.3) is 0 Å². The van der Waals surface area contributed by atoms with E-state index in [9.17, 15) is 0 Å². The second kappa shape index (κ2) is 1.50. The van der Waals surface area contributed by atoms with Gasteiger partial charge in [-0.15, -0.1) is 5.10 Å². The number of aryl methyl sites for hydroxylation is 1. The summed E-state index contributed by atoms with van der Waals surface area (Å²) >= 11 is 5.29. The van der Waals surface area contributed by atoms with Crippen LogP contribution in [0.1, 0.15) is 0 Å². The molecule has 0 aliphatic heterocycles. The van der Waals surface area contributed by atoms with Gasteiger partial charge in [0.05, 0.1) is 0 Å². The van der Waals surface area contributed by atoms with Crippen LogP contribution < -0.4 is 0 Å². The summed E-state index contributed by atoms with van der Waals surface area (Å²) in [5.41, 5.74) is 0. The molecule has 0 bridgehead atoms. The number of halogens is 1. The minimum atomic E-state index is 0.238. The summed E-state index contributed by atoms with van der Waals surface area (Å²) < 4.78 is 1.42. The first kappa shape index (κ1) is 4.59. The molecular formula is C3H3ClN3. The predicted molar refractivity (Wildman–Crippen MR) is 24.8 cm³/mol. The summed E-state index contributed by atoms with van der Waals surface area (Å²) in [7, 11) is 1.71. The van der Waals surface area contributed by atoms with E-state index in [-0.39, 0.29) is 5.28 Å². The Bertz CT molecular complexity index is 142. The highest BCUT2D eigenvalue weighted by Gasteiger charge is 1.87. The molecule has 3 nitrogen and oxygen atoms in total. The van der Waals surface area contributed by atoms with Gasteiger partial charge in [0.1, 0.15) is 0 Å². The van der Waals surface area contributed by atoms with Crippen LogP contribution in [-0.4, -0.2) is 14.8 Å². The van der Waals surface area contributed by atoms with E-state index in [4.69, 9.17) is 11.6 Å². The molecule has 1 aromatic heterocycles. The van der Waals surface area contributed by atoms with Crippen molar-refractivity contribution in [1.29, 1.82) is 0 Å². The summed E-state index contributed by atoms with van der Waals surface area (Å²) in [4.78, 5) is 3.51. The highest BCUT2D eigenvalue weighted by molar-refractivity contribution is 6.28. The van der Waals surface area contributed by atoms with Crippen molar-refractivity contribution in [3.05, 3.63) is 11.6 Å². The minimum Gasteiger partial charge on any atom is -0.245 e. The van der Waals surface area contributed by atoms with Crippen LogP contribution in [0.25, 0.3) is 0 Å². The molecule has 4 heteroatoms. The van der Waals surface area contributed by atoms with Crippen molar-refractivity contribution in [2.45, 2.75) is 0 Å². The fraction of sp³-hybridized carbons (Fsp3) is 0.333. The molecule has 1 rings (SSSR count). The molecule has 0 aliphatic rings. The molecule has 7 heavy (non-hydrogen) atoms.